The van der Waals surface area contributed by atoms with Crippen LogP contribution in [0.2, 0.25) is 0 Å². The van der Waals surface area contributed by atoms with Crippen LogP contribution in [0, 0.1) is 0 Å². The van der Waals surface area contributed by atoms with Gasteiger partial charge in [-0.15, -0.1) is 0 Å². The summed E-state index contributed by atoms with van der Waals surface area (Å²) in [5.41, 5.74) is 9.21. The fourth-order valence-corrected chi connectivity index (χ4v) is 6.90. The Morgan fingerprint density at radius 2 is 1.65 bits per heavy atom. The number of allylic oxidation sites excluding steroid dienone is 6. The molecular weight excluding hydrogens is 601 g/mol. The highest BCUT2D eigenvalue weighted by molar-refractivity contribution is 6.16. The summed E-state index contributed by atoms with van der Waals surface area (Å²) < 4.78 is 6.49. The molecule has 0 amide bonds. The Hall–Kier alpha value is -5.94. The van der Waals surface area contributed by atoms with Crippen molar-refractivity contribution in [2.24, 2.45) is 20.0 Å². The van der Waals surface area contributed by atoms with Crippen molar-refractivity contribution in [3.8, 4) is 0 Å². The van der Waals surface area contributed by atoms with Crippen LogP contribution >= 0.6 is 0 Å². The van der Waals surface area contributed by atoms with Gasteiger partial charge in [-0.25, -0.2) is 15.0 Å². The molecule has 1 aromatic heterocycles. The van der Waals surface area contributed by atoms with Crippen LogP contribution < -0.4 is 0 Å². The van der Waals surface area contributed by atoms with Crippen molar-refractivity contribution in [2.45, 2.75) is 37.6 Å². The number of aliphatic imine (C=N–C) groups is 4. The molecule has 0 bridgehead atoms. The first kappa shape index (κ1) is 30.4. The minimum atomic E-state index is -0.198. The molecule has 2 heterocycles. The fraction of sp³-hybridized carbons (Fsp3) is 0.136. The van der Waals surface area contributed by atoms with E-state index in [2.05, 4.69) is 104 Å². The van der Waals surface area contributed by atoms with Gasteiger partial charge in [0.05, 0.1) is 6.54 Å². The van der Waals surface area contributed by atoms with Crippen LogP contribution in [0.15, 0.2) is 181 Å². The van der Waals surface area contributed by atoms with Gasteiger partial charge in [-0.3, -0.25) is 4.99 Å². The maximum atomic E-state index is 6.49. The SMILES string of the molecule is C=NC(=NC(=NCc1ccccc1)C1=CCC(C)(c2ccc(C3=NC4=CC=CCC4c4c3oc3ccccc43)cc2)C=C1)c1ccccc1. The van der Waals surface area contributed by atoms with Crippen LogP contribution in [0.3, 0.4) is 0 Å². The average Bonchev–Trinajstić information content (AvgIpc) is 3.56. The minimum absolute atomic E-state index is 0.198. The van der Waals surface area contributed by atoms with Crippen molar-refractivity contribution >= 4 is 35.1 Å². The number of rotatable bonds is 6. The van der Waals surface area contributed by atoms with Crippen molar-refractivity contribution in [2.75, 3.05) is 0 Å². The topological polar surface area (TPSA) is 62.6 Å². The van der Waals surface area contributed by atoms with Crippen molar-refractivity contribution in [3.63, 3.8) is 0 Å². The molecule has 0 saturated carbocycles. The molecule has 8 rings (SSSR count). The summed E-state index contributed by atoms with van der Waals surface area (Å²) in [6, 6.07) is 37.3. The maximum Gasteiger partial charge on any atom is 0.161 e. The monoisotopic (exact) mass is 636 g/mol. The first-order chi connectivity index (χ1) is 24.1. The Morgan fingerprint density at radius 1 is 0.898 bits per heavy atom. The molecule has 2 aliphatic carbocycles. The quantitative estimate of drug-likeness (QED) is 0.135. The first-order valence-electron chi connectivity index (χ1n) is 16.8. The summed E-state index contributed by atoms with van der Waals surface area (Å²) in [6.07, 6.45) is 14.9. The van der Waals surface area contributed by atoms with Gasteiger partial charge >= 0.3 is 0 Å². The smallest absolute Gasteiger partial charge is 0.161 e. The van der Waals surface area contributed by atoms with E-state index >= 15 is 0 Å². The Labute approximate surface area is 286 Å². The highest BCUT2D eigenvalue weighted by Gasteiger charge is 2.33. The van der Waals surface area contributed by atoms with E-state index in [0.717, 1.165) is 57.9 Å². The summed E-state index contributed by atoms with van der Waals surface area (Å²) in [6.45, 7) is 6.60. The second-order valence-electron chi connectivity index (χ2n) is 12.9. The molecule has 2 unspecified atom stereocenters. The van der Waals surface area contributed by atoms with E-state index in [4.69, 9.17) is 19.4 Å². The zero-order valence-corrected chi connectivity index (χ0v) is 27.5. The second kappa shape index (κ2) is 12.9. The van der Waals surface area contributed by atoms with Crippen molar-refractivity contribution in [3.05, 3.63) is 190 Å². The number of amidine groups is 2. The summed E-state index contributed by atoms with van der Waals surface area (Å²) >= 11 is 0. The number of nitrogens with zero attached hydrogens (tertiary/aromatic N) is 4. The number of benzene rings is 4. The molecular formula is C44H36N4O. The summed E-state index contributed by atoms with van der Waals surface area (Å²) in [4.78, 5) is 19.3. The molecule has 5 heteroatoms. The number of para-hydroxylation sites is 1. The molecule has 4 aromatic carbocycles. The molecule has 0 saturated heterocycles. The van der Waals surface area contributed by atoms with Gasteiger partial charge in [-0.2, -0.15) is 0 Å². The van der Waals surface area contributed by atoms with Crippen molar-refractivity contribution in [1.82, 2.24) is 0 Å². The molecule has 0 radical (unpaired) electrons. The molecule has 49 heavy (non-hydrogen) atoms. The van der Waals surface area contributed by atoms with Gasteiger partial charge in [0.1, 0.15) is 11.3 Å². The van der Waals surface area contributed by atoms with E-state index in [1.54, 1.807) is 0 Å². The largest absolute Gasteiger partial charge is 0.454 e. The van der Waals surface area contributed by atoms with E-state index in [1.165, 1.54) is 16.5 Å². The third-order valence-corrected chi connectivity index (χ3v) is 9.67. The van der Waals surface area contributed by atoms with Crippen molar-refractivity contribution < 1.29 is 4.42 Å². The van der Waals surface area contributed by atoms with Crippen molar-refractivity contribution in [1.29, 1.82) is 0 Å². The standard InChI is InChI=1S/C44H36N4O/c1-44(27-25-33(26-28-44)43(46-29-30-13-5-3-6-14-30)48-42(45-2)32-15-7-4-8-16-32)34-23-21-31(22-24-34)40-41-39(35-17-9-11-19-37(35)47-40)36-18-10-12-20-38(36)49-41/h3-16,18-27,35H,2,17,28-29H2,1H3. The highest BCUT2D eigenvalue weighted by Crippen LogP contribution is 2.44. The molecule has 3 aliphatic rings. The zero-order chi connectivity index (χ0) is 33.2. The van der Waals surface area contributed by atoms with Gasteiger partial charge in [0, 0.05) is 44.7 Å². The van der Waals surface area contributed by atoms with E-state index in [-0.39, 0.29) is 11.3 Å². The van der Waals surface area contributed by atoms with E-state index < -0.39 is 0 Å². The van der Waals surface area contributed by atoms with Gasteiger partial charge in [0.2, 0.25) is 0 Å². The Bertz CT molecular complexity index is 2260. The third-order valence-electron chi connectivity index (χ3n) is 9.67. The minimum Gasteiger partial charge on any atom is -0.454 e. The highest BCUT2D eigenvalue weighted by atomic mass is 16.3. The van der Waals surface area contributed by atoms with Gasteiger partial charge in [0.25, 0.3) is 0 Å². The Morgan fingerprint density at radius 3 is 2.41 bits per heavy atom. The molecule has 238 valence electrons. The molecule has 1 aliphatic heterocycles. The van der Waals surface area contributed by atoms with E-state index in [1.807, 2.05) is 60.7 Å². The zero-order valence-electron chi connectivity index (χ0n) is 27.5. The first-order valence-corrected chi connectivity index (χ1v) is 16.8. The number of furan rings is 1. The lowest BCUT2D eigenvalue weighted by Gasteiger charge is -2.29. The third kappa shape index (κ3) is 5.89. The second-order valence-corrected chi connectivity index (χ2v) is 12.9. The van der Waals surface area contributed by atoms with Crippen LogP contribution in [0.1, 0.15) is 59.3 Å². The molecule has 5 aromatic rings. The average molecular weight is 637 g/mol. The lowest BCUT2D eigenvalue weighted by atomic mass is 9.75. The summed E-state index contributed by atoms with van der Waals surface area (Å²) in [7, 11) is 0. The Kier molecular flexibility index (Phi) is 8.02. The van der Waals surface area contributed by atoms with Gasteiger partial charge in [0.15, 0.2) is 17.4 Å². The normalized spacial score (nSPS) is 20.3. The molecule has 5 nitrogen and oxygen atoms in total. The number of hydrogen-bond donors (Lipinski definition) is 0. The summed E-state index contributed by atoms with van der Waals surface area (Å²) in [5, 5.41) is 1.17. The predicted octanol–water partition coefficient (Wildman–Crippen LogP) is 10.1. The molecule has 0 spiro atoms. The van der Waals surface area contributed by atoms with Crippen LogP contribution in [0.25, 0.3) is 11.0 Å². The van der Waals surface area contributed by atoms with Crippen LogP contribution in [-0.4, -0.2) is 24.1 Å². The molecule has 2 atom stereocenters. The van der Waals surface area contributed by atoms with E-state index in [9.17, 15) is 0 Å². The van der Waals surface area contributed by atoms with Gasteiger partial charge < -0.3 is 4.42 Å². The number of fused-ring (bicyclic) bond motifs is 5. The molecule has 0 N–H and O–H groups in total. The lowest BCUT2D eigenvalue weighted by molar-refractivity contribution is 0.588. The predicted molar refractivity (Wildman–Crippen MR) is 202 cm³/mol. The van der Waals surface area contributed by atoms with Gasteiger partial charge in [-0.05, 0) is 42.8 Å². The number of hydrogen-bond acceptors (Lipinski definition) is 3. The van der Waals surface area contributed by atoms with Crippen LogP contribution in [0.5, 0.6) is 0 Å². The van der Waals surface area contributed by atoms with Gasteiger partial charge in [-0.1, -0.05) is 140 Å². The van der Waals surface area contributed by atoms with Crippen LogP contribution in [-0.2, 0) is 12.0 Å². The fourth-order valence-electron chi connectivity index (χ4n) is 6.90. The van der Waals surface area contributed by atoms with Crippen LogP contribution in [0.4, 0.5) is 0 Å². The molecule has 0 fully saturated rings. The lowest BCUT2D eigenvalue weighted by Crippen LogP contribution is -2.22. The Balaban J connectivity index is 1.09. The summed E-state index contributed by atoms with van der Waals surface area (Å²) in [5.74, 6) is 2.30. The van der Waals surface area contributed by atoms with E-state index in [0.29, 0.717) is 18.2 Å². The maximum absolute atomic E-state index is 6.49.